The van der Waals surface area contributed by atoms with Gasteiger partial charge in [-0.1, -0.05) is 12.1 Å². The van der Waals surface area contributed by atoms with Crippen LogP contribution in [0.25, 0.3) is 5.00 Å². The van der Waals surface area contributed by atoms with E-state index < -0.39 is 12.0 Å². The minimum Gasteiger partial charge on any atom is -0.485 e. The van der Waals surface area contributed by atoms with Gasteiger partial charge in [0.25, 0.3) is 11.8 Å². The summed E-state index contributed by atoms with van der Waals surface area (Å²) in [4.78, 5) is 26.9. The molecule has 1 atom stereocenters. The number of fused-ring (bicyclic) bond motifs is 2. The molecule has 1 aromatic carbocycles. The van der Waals surface area contributed by atoms with Crippen molar-refractivity contribution in [2.45, 2.75) is 31.8 Å². The topological polar surface area (TPSA) is 81.6 Å². The lowest BCUT2D eigenvalue weighted by molar-refractivity contribution is -0.131. The van der Waals surface area contributed by atoms with Crippen LogP contribution in [0.3, 0.4) is 0 Å². The van der Waals surface area contributed by atoms with E-state index in [4.69, 9.17) is 9.47 Å². The van der Waals surface area contributed by atoms with E-state index in [1.54, 1.807) is 23.5 Å². The van der Waals surface area contributed by atoms with Gasteiger partial charge < -0.3 is 14.0 Å². The number of hydrogen-bond donors (Lipinski definition) is 2. The number of ether oxygens (including phenoxy) is 2. The summed E-state index contributed by atoms with van der Waals surface area (Å²) in [6, 6.07) is 11.0. The van der Waals surface area contributed by atoms with Crippen LogP contribution in [0.5, 0.6) is 11.5 Å². The number of nitrogens with zero attached hydrogens (tertiary/aromatic N) is 1. The first-order valence-corrected chi connectivity index (χ1v) is 10.8. The fourth-order valence-corrected chi connectivity index (χ4v) is 5.20. The monoisotopic (exact) mass is 423 g/mol. The van der Waals surface area contributed by atoms with Crippen molar-refractivity contribution >= 4 is 23.2 Å². The van der Waals surface area contributed by atoms with E-state index in [9.17, 15) is 9.59 Å². The molecule has 3 aromatic rings. The molecule has 154 valence electrons. The lowest BCUT2D eigenvalue weighted by Gasteiger charge is -2.25. The van der Waals surface area contributed by atoms with Crippen molar-refractivity contribution in [3.05, 3.63) is 64.8 Å². The largest absolute Gasteiger partial charge is 0.485 e. The number of amides is 2. The third-order valence-corrected chi connectivity index (χ3v) is 6.62. The first-order valence-electron chi connectivity index (χ1n) is 9.97. The number of benzene rings is 1. The van der Waals surface area contributed by atoms with Crippen LogP contribution < -0.4 is 20.3 Å². The van der Waals surface area contributed by atoms with Gasteiger partial charge in [-0.3, -0.25) is 20.4 Å². The summed E-state index contributed by atoms with van der Waals surface area (Å²) < 4.78 is 13.2. The molecule has 2 aromatic heterocycles. The quantitative estimate of drug-likeness (QED) is 0.635. The van der Waals surface area contributed by atoms with Gasteiger partial charge in [0.1, 0.15) is 11.6 Å². The Morgan fingerprint density at radius 3 is 2.60 bits per heavy atom. The number of aryl methyl sites for hydroxylation is 1. The SMILES string of the molecule is O=C(NNC(=O)C1COc2ccccc2O1)c1c(-n2cccc2)sc2c1CCCC2. The molecule has 0 bridgehead atoms. The zero-order valence-corrected chi connectivity index (χ0v) is 17.0. The van der Waals surface area contributed by atoms with Crippen molar-refractivity contribution in [2.75, 3.05) is 6.61 Å². The van der Waals surface area contributed by atoms with E-state index >= 15 is 0 Å². The molecule has 8 heteroatoms. The predicted octanol–water partition coefficient (Wildman–Crippen LogP) is 3.02. The predicted molar refractivity (Wildman–Crippen MR) is 112 cm³/mol. The third-order valence-electron chi connectivity index (χ3n) is 5.32. The standard InChI is InChI=1S/C22H21N3O4S/c26-20(17-13-28-15-8-2-3-9-16(15)29-17)23-24-21(27)19-14-7-1-4-10-18(14)30-22(19)25-11-5-6-12-25/h2-3,5-6,8-9,11-12,17H,1,4,7,10,13H2,(H,23,26)(H,24,27). The van der Waals surface area contributed by atoms with Gasteiger partial charge >= 0.3 is 0 Å². The molecular weight excluding hydrogens is 402 g/mol. The van der Waals surface area contributed by atoms with E-state index in [-0.39, 0.29) is 12.5 Å². The molecule has 0 radical (unpaired) electrons. The number of aromatic nitrogens is 1. The number of hydrazine groups is 1. The Morgan fingerprint density at radius 1 is 1.00 bits per heavy atom. The Kier molecular flexibility index (Phi) is 4.92. The van der Waals surface area contributed by atoms with E-state index in [0.29, 0.717) is 17.1 Å². The van der Waals surface area contributed by atoms with E-state index in [1.165, 1.54) is 4.88 Å². The summed E-state index contributed by atoms with van der Waals surface area (Å²) in [5.74, 6) is 0.344. The fraction of sp³-hybridized carbons (Fsp3) is 0.273. The van der Waals surface area contributed by atoms with Crippen LogP contribution in [-0.4, -0.2) is 29.1 Å². The van der Waals surface area contributed by atoms with Gasteiger partial charge in [-0.05, 0) is 55.5 Å². The lowest BCUT2D eigenvalue weighted by Crippen LogP contribution is -2.51. The lowest BCUT2D eigenvalue weighted by atomic mass is 9.95. The molecule has 5 rings (SSSR count). The molecule has 1 unspecified atom stereocenters. The summed E-state index contributed by atoms with van der Waals surface area (Å²) in [7, 11) is 0. The van der Waals surface area contributed by atoms with E-state index in [1.807, 2.05) is 41.2 Å². The Balaban J connectivity index is 1.31. The summed E-state index contributed by atoms with van der Waals surface area (Å²) in [5.41, 5.74) is 6.81. The molecular formula is C22H21N3O4S. The fourth-order valence-electron chi connectivity index (χ4n) is 3.85. The van der Waals surface area contributed by atoms with Crippen molar-refractivity contribution < 1.29 is 19.1 Å². The number of carbonyl (C=O) groups excluding carboxylic acids is 2. The van der Waals surface area contributed by atoms with Gasteiger partial charge in [-0.25, -0.2) is 0 Å². The van der Waals surface area contributed by atoms with Crippen LogP contribution >= 0.6 is 11.3 Å². The molecule has 0 spiro atoms. The Morgan fingerprint density at radius 2 is 1.77 bits per heavy atom. The van der Waals surface area contributed by atoms with E-state index in [0.717, 1.165) is 36.2 Å². The number of thiophene rings is 1. The molecule has 2 amide bonds. The molecule has 3 heterocycles. The zero-order chi connectivity index (χ0) is 20.5. The molecule has 1 aliphatic heterocycles. The van der Waals surface area contributed by atoms with Gasteiger partial charge in [0.2, 0.25) is 6.10 Å². The minimum absolute atomic E-state index is 0.0845. The van der Waals surface area contributed by atoms with Crippen LogP contribution in [0.1, 0.15) is 33.6 Å². The van der Waals surface area contributed by atoms with Crippen LogP contribution in [0.15, 0.2) is 48.8 Å². The second kappa shape index (κ2) is 7.87. The highest BCUT2D eigenvalue weighted by atomic mass is 32.1. The van der Waals surface area contributed by atoms with Gasteiger partial charge in [0.15, 0.2) is 11.5 Å². The zero-order valence-electron chi connectivity index (χ0n) is 16.2. The molecule has 2 aliphatic rings. The Hall–Kier alpha value is -3.26. The Labute approximate surface area is 177 Å². The molecule has 0 fully saturated rings. The van der Waals surface area contributed by atoms with Crippen molar-refractivity contribution in [2.24, 2.45) is 0 Å². The average molecular weight is 423 g/mol. The molecule has 2 N–H and O–H groups in total. The van der Waals surface area contributed by atoms with Crippen LogP contribution in [0.4, 0.5) is 0 Å². The van der Waals surface area contributed by atoms with Crippen molar-refractivity contribution in [3.63, 3.8) is 0 Å². The molecule has 0 saturated heterocycles. The third kappa shape index (κ3) is 3.43. The second-order valence-corrected chi connectivity index (χ2v) is 8.37. The first-order chi connectivity index (χ1) is 14.7. The number of para-hydroxylation sites is 2. The smallest absolute Gasteiger partial charge is 0.283 e. The highest BCUT2D eigenvalue weighted by Gasteiger charge is 2.29. The van der Waals surface area contributed by atoms with Gasteiger partial charge in [-0.15, -0.1) is 11.3 Å². The van der Waals surface area contributed by atoms with Crippen molar-refractivity contribution in [1.82, 2.24) is 15.4 Å². The van der Waals surface area contributed by atoms with Crippen LogP contribution in [0, 0.1) is 0 Å². The maximum Gasteiger partial charge on any atom is 0.283 e. The molecule has 1 aliphatic carbocycles. The van der Waals surface area contributed by atoms with Gasteiger partial charge in [-0.2, -0.15) is 0 Å². The molecule has 7 nitrogen and oxygen atoms in total. The van der Waals surface area contributed by atoms with Crippen LogP contribution in [0.2, 0.25) is 0 Å². The summed E-state index contributed by atoms with van der Waals surface area (Å²) in [5, 5.41) is 0.879. The van der Waals surface area contributed by atoms with Gasteiger partial charge in [0, 0.05) is 17.3 Å². The summed E-state index contributed by atoms with van der Waals surface area (Å²) in [6.07, 6.45) is 7.08. The Bertz CT molecular complexity index is 1090. The van der Waals surface area contributed by atoms with Gasteiger partial charge in [0.05, 0.1) is 5.56 Å². The van der Waals surface area contributed by atoms with E-state index in [2.05, 4.69) is 10.9 Å². The second-order valence-electron chi connectivity index (χ2n) is 7.29. The summed E-state index contributed by atoms with van der Waals surface area (Å²) >= 11 is 1.65. The maximum absolute atomic E-state index is 13.1. The molecule has 0 saturated carbocycles. The average Bonchev–Trinajstić information content (AvgIpc) is 3.44. The highest BCUT2D eigenvalue weighted by Crippen LogP contribution is 2.37. The molecule has 30 heavy (non-hydrogen) atoms. The number of rotatable bonds is 3. The summed E-state index contributed by atoms with van der Waals surface area (Å²) in [6.45, 7) is 0.0845. The number of nitrogens with one attached hydrogen (secondary N) is 2. The maximum atomic E-state index is 13.1. The number of carbonyl (C=O) groups is 2. The normalized spacial score (nSPS) is 17.1. The highest BCUT2D eigenvalue weighted by molar-refractivity contribution is 7.15. The van der Waals surface area contributed by atoms with Crippen molar-refractivity contribution in [3.8, 4) is 16.5 Å². The van der Waals surface area contributed by atoms with Crippen LogP contribution in [-0.2, 0) is 17.6 Å². The minimum atomic E-state index is -0.833. The van der Waals surface area contributed by atoms with Crippen molar-refractivity contribution in [1.29, 1.82) is 0 Å². The number of hydrogen-bond acceptors (Lipinski definition) is 5. The first kappa shape index (κ1) is 18.7.